The van der Waals surface area contributed by atoms with Crippen LogP contribution >= 0.6 is 0 Å². The summed E-state index contributed by atoms with van der Waals surface area (Å²) < 4.78 is 12.0. The van der Waals surface area contributed by atoms with Crippen LogP contribution in [0.1, 0.15) is 53.7 Å². The first kappa shape index (κ1) is 18.8. The van der Waals surface area contributed by atoms with Crippen LogP contribution in [0.4, 0.5) is 5.82 Å². The van der Waals surface area contributed by atoms with Crippen molar-refractivity contribution in [3.63, 3.8) is 0 Å². The smallest absolute Gasteiger partial charge is 0.292 e. The molecule has 6 rings (SSSR count). The first-order chi connectivity index (χ1) is 14.9. The predicted molar refractivity (Wildman–Crippen MR) is 116 cm³/mol. The number of amides is 1. The van der Waals surface area contributed by atoms with E-state index < -0.39 is 5.60 Å². The minimum Gasteiger partial charge on any atom is -0.443 e. The average molecular weight is 418 g/mol. The number of aryl methyl sites for hydroxylation is 2. The minimum atomic E-state index is -0.432. The fourth-order valence-corrected chi connectivity index (χ4v) is 4.90. The van der Waals surface area contributed by atoms with E-state index in [2.05, 4.69) is 40.4 Å². The van der Waals surface area contributed by atoms with Gasteiger partial charge in [0.05, 0.1) is 18.5 Å². The van der Waals surface area contributed by atoms with Gasteiger partial charge in [0, 0.05) is 12.1 Å². The van der Waals surface area contributed by atoms with Gasteiger partial charge in [0.2, 0.25) is 11.5 Å². The Kier molecular flexibility index (Phi) is 3.96. The Hall–Kier alpha value is -2.93. The van der Waals surface area contributed by atoms with Gasteiger partial charge in [-0.1, -0.05) is 24.3 Å². The molecule has 1 unspecified atom stereocenters. The molecule has 2 aliphatic carbocycles. The Morgan fingerprint density at radius 2 is 2.03 bits per heavy atom. The van der Waals surface area contributed by atoms with Crippen LogP contribution in [-0.4, -0.2) is 46.0 Å². The van der Waals surface area contributed by atoms with E-state index in [1.54, 1.807) is 0 Å². The molecule has 1 aromatic carbocycles. The molecule has 7 heteroatoms. The van der Waals surface area contributed by atoms with Crippen molar-refractivity contribution in [1.29, 1.82) is 0 Å². The number of ether oxygens (including phenoxy) is 1. The highest BCUT2D eigenvalue weighted by Crippen LogP contribution is 2.43. The molecule has 0 bridgehead atoms. The number of carbonyl (C=O) groups is 1. The van der Waals surface area contributed by atoms with Gasteiger partial charge in [-0.2, -0.15) is 4.98 Å². The highest BCUT2D eigenvalue weighted by atomic mass is 16.5. The zero-order chi connectivity index (χ0) is 21.2. The number of morpholine rings is 1. The van der Waals surface area contributed by atoms with Gasteiger partial charge < -0.3 is 19.4 Å². The Labute approximate surface area is 180 Å². The van der Waals surface area contributed by atoms with E-state index in [0.717, 1.165) is 36.8 Å². The lowest BCUT2D eigenvalue weighted by Gasteiger charge is -2.41. The number of hydrogen-bond donors (Lipinski definition) is 1. The van der Waals surface area contributed by atoms with E-state index in [0.29, 0.717) is 31.2 Å². The highest BCUT2D eigenvalue weighted by Gasteiger charge is 2.45. The molecule has 0 radical (unpaired) electrons. The molecule has 1 amide bonds. The molecule has 2 fully saturated rings. The van der Waals surface area contributed by atoms with E-state index in [4.69, 9.17) is 9.15 Å². The number of anilines is 1. The molecule has 160 valence electrons. The van der Waals surface area contributed by atoms with Crippen molar-refractivity contribution in [3.8, 4) is 0 Å². The number of nitrogens with zero attached hydrogens (tertiary/aromatic N) is 3. The highest BCUT2D eigenvalue weighted by molar-refractivity contribution is 5.95. The fourth-order valence-electron chi connectivity index (χ4n) is 4.90. The van der Waals surface area contributed by atoms with E-state index >= 15 is 0 Å². The molecule has 3 aromatic rings. The summed E-state index contributed by atoms with van der Waals surface area (Å²) in [5.74, 6) is 1.44. The van der Waals surface area contributed by atoms with Crippen LogP contribution in [0.25, 0.3) is 11.1 Å². The summed E-state index contributed by atoms with van der Waals surface area (Å²) in [6.07, 6.45) is 4.03. The Morgan fingerprint density at radius 1 is 1.19 bits per heavy atom. The third kappa shape index (κ3) is 3.10. The first-order valence-corrected chi connectivity index (χ1v) is 11.0. The van der Waals surface area contributed by atoms with Crippen molar-refractivity contribution in [2.45, 2.75) is 50.7 Å². The van der Waals surface area contributed by atoms with Crippen LogP contribution in [0, 0.1) is 6.92 Å². The SMILES string of the molecule is Cc1cc2c(NC3(C)CC3)nc(C(=O)N3CCOC4(CCc5ccccc54)C3)nc2o1. The van der Waals surface area contributed by atoms with E-state index in [1.807, 2.05) is 24.0 Å². The van der Waals surface area contributed by atoms with Gasteiger partial charge in [-0.05, 0) is 56.7 Å². The minimum absolute atomic E-state index is 0.0311. The van der Waals surface area contributed by atoms with Gasteiger partial charge >= 0.3 is 0 Å². The van der Waals surface area contributed by atoms with Gasteiger partial charge in [-0.15, -0.1) is 0 Å². The van der Waals surface area contributed by atoms with Crippen LogP contribution < -0.4 is 5.32 Å². The number of benzene rings is 1. The van der Waals surface area contributed by atoms with Crippen LogP contribution in [0.5, 0.6) is 0 Å². The van der Waals surface area contributed by atoms with Crippen LogP contribution in [0.3, 0.4) is 0 Å². The van der Waals surface area contributed by atoms with Crippen molar-refractivity contribution in [2.24, 2.45) is 0 Å². The second kappa shape index (κ2) is 6.53. The second-order valence-corrected chi connectivity index (χ2v) is 9.38. The molecule has 3 heterocycles. The largest absolute Gasteiger partial charge is 0.443 e. The summed E-state index contributed by atoms with van der Waals surface area (Å²) in [7, 11) is 0. The third-order valence-corrected chi connectivity index (χ3v) is 6.91. The second-order valence-electron chi connectivity index (χ2n) is 9.38. The van der Waals surface area contributed by atoms with Gasteiger partial charge in [0.1, 0.15) is 17.2 Å². The molecule has 31 heavy (non-hydrogen) atoms. The van der Waals surface area contributed by atoms with Crippen molar-refractivity contribution in [3.05, 3.63) is 53.0 Å². The molecule has 7 nitrogen and oxygen atoms in total. The van der Waals surface area contributed by atoms with Crippen LogP contribution in [-0.2, 0) is 16.8 Å². The number of rotatable bonds is 3. The Morgan fingerprint density at radius 3 is 2.87 bits per heavy atom. The zero-order valence-electron chi connectivity index (χ0n) is 17.9. The van der Waals surface area contributed by atoms with E-state index in [-0.39, 0.29) is 17.3 Å². The first-order valence-electron chi connectivity index (χ1n) is 11.0. The number of nitrogens with one attached hydrogen (secondary N) is 1. The number of carbonyl (C=O) groups excluding carboxylic acids is 1. The lowest BCUT2D eigenvalue weighted by Crippen LogP contribution is -2.51. The van der Waals surface area contributed by atoms with Crippen molar-refractivity contribution in [2.75, 3.05) is 25.0 Å². The molecule has 2 aromatic heterocycles. The standard InChI is InChI=1S/C24H26N4O3/c1-15-13-17-19(27-23(2)9-10-23)25-20(26-21(17)31-15)22(29)28-11-12-30-24(14-28)8-7-16-5-3-4-6-18(16)24/h3-6,13H,7-12,14H2,1-2H3,(H,25,26,27). The maximum Gasteiger partial charge on any atom is 0.292 e. The number of fused-ring (bicyclic) bond motifs is 3. The number of hydrogen-bond acceptors (Lipinski definition) is 6. The van der Waals surface area contributed by atoms with Crippen molar-refractivity contribution < 1.29 is 13.9 Å². The summed E-state index contributed by atoms with van der Waals surface area (Å²) in [4.78, 5) is 24.5. The maximum absolute atomic E-state index is 13.5. The lowest BCUT2D eigenvalue weighted by atomic mass is 9.93. The molecule has 3 aliphatic rings. The monoisotopic (exact) mass is 418 g/mol. The van der Waals surface area contributed by atoms with Crippen LogP contribution in [0.15, 0.2) is 34.7 Å². The maximum atomic E-state index is 13.5. The average Bonchev–Trinajstić information content (AvgIpc) is 3.21. The number of furan rings is 1. The summed E-state index contributed by atoms with van der Waals surface area (Å²) in [5.41, 5.74) is 2.57. The van der Waals surface area contributed by atoms with E-state index in [9.17, 15) is 4.79 Å². The summed E-state index contributed by atoms with van der Waals surface area (Å²) in [6.45, 7) is 5.60. The molecule has 1 saturated heterocycles. The normalized spacial score (nSPS) is 23.9. The molecular formula is C24H26N4O3. The Balaban J connectivity index is 1.34. The summed E-state index contributed by atoms with van der Waals surface area (Å²) >= 11 is 0. The molecular weight excluding hydrogens is 392 g/mol. The molecule has 1 N–H and O–H groups in total. The number of aromatic nitrogens is 2. The van der Waals surface area contributed by atoms with E-state index in [1.165, 1.54) is 11.1 Å². The summed E-state index contributed by atoms with van der Waals surface area (Å²) in [6, 6.07) is 10.3. The summed E-state index contributed by atoms with van der Waals surface area (Å²) in [5, 5.41) is 4.33. The van der Waals surface area contributed by atoms with Gasteiger partial charge in [0.25, 0.3) is 5.91 Å². The topological polar surface area (TPSA) is 80.5 Å². The molecule has 1 atom stereocenters. The van der Waals surface area contributed by atoms with Gasteiger partial charge in [-0.3, -0.25) is 4.79 Å². The van der Waals surface area contributed by atoms with Gasteiger partial charge in [0.15, 0.2) is 0 Å². The molecule has 1 saturated carbocycles. The quantitative estimate of drug-likeness (QED) is 0.697. The molecule has 1 aliphatic heterocycles. The predicted octanol–water partition coefficient (Wildman–Crippen LogP) is 3.81. The van der Waals surface area contributed by atoms with Crippen molar-refractivity contribution in [1.82, 2.24) is 14.9 Å². The zero-order valence-corrected chi connectivity index (χ0v) is 17.9. The third-order valence-electron chi connectivity index (χ3n) is 6.91. The lowest BCUT2D eigenvalue weighted by molar-refractivity contribution is -0.104. The fraction of sp³-hybridized carbons (Fsp3) is 0.458. The molecule has 1 spiro atoms. The van der Waals surface area contributed by atoms with Crippen molar-refractivity contribution >= 4 is 22.8 Å². The Bertz CT molecular complexity index is 1190. The van der Waals surface area contributed by atoms with Gasteiger partial charge in [-0.25, -0.2) is 4.98 Å². The van der Waals surface area contributed by atoms with Crippen LogP contribution in [0.2, 0.25) is 0 Å².